The van der Waals surface area contributed by atoms with Crippen molar-refractivity contribution in [1.82, 2.24) is 44.8 Å². The van der Waals surface area contributed by atoms with Gasteiger partial charge in [0.2, 0.25) is 29.4 Å². The maximum atomic E-state index is 13.1. The lowest BCUT2D eigenvalue weighted by Gasteiger charge is -2.36. The predicted octanol–water partition coefficient (Wildman–Crippen LogP) is 5.34. The fraction of sp³-hybridized carbons (Fsp3) is 0.429. The fourth-order valence-electron chi connectivity index (χ4n) is 8.85. The second-order valence-electron chi connectivity index (χ2n) is 16.0. The Hall–Kier alpha value is -6.43. The van der Waals surface area contributed by atoms with E-state index in [4.69, 9.17) is 16.1 Å². The molecule has 6 amide bonds. The van der Waals surface area contributed by atoms with Crippen LogP contribution in [0, 0.1) is 0 Å². The number of aryl methyl sites for hydroxylation is 1. The molecule has 3 N–H and O–H groups in total. The number of aromatic nitrogens is 6. The molecule has 1 unspecified atom stereocenters. The van der Waals surface area contributed by atoms with Crippen LogP contribution in [0.4, 0.5) is 21.9 Å². The number of carbonyl (C=O) groups excluding carboxylic acids is 5. The Kier molecular flexibility index (Phi) is 11.3. The third-order valence-electron chi connectivity index (χ3n) is 12.0. The number of halogens is 1. The van der Waals surface area contributed by atoms with Gasteiger partial charge in [-0.05, 0) is 61.9 Å². The molecule has 1 aliphatic carbocycles. The summed E-state index contributed by atoms with van der Waals surface area (Å²) < 4.78 is 7.29. The number of rotatable bonds is 11. The Morgan fingerprint density at radius 3 is 2.57 bits per heavy atom. The molecule has 0 radical (unpaired) electrons. The summed E-state index contributed by atoms with van der Waals surface area (Å²) in [7, 11) is 0. The topological polar surface area (TPSA) is 213 Å². The van der Waals surface area contributed by atoms with Crippen LogP contribution < -0.4 is 20.9 Å². The molecule has 61 heavy (non-hydrogen) atoms. The van der Waals surface area contributed by atoms with Gasteiger partial charge < -0.3 is 29.9 Å². The second-order valence-corrected chi connectivity index (χ2v) is 16.4. The Bertz CT molecular complexity index is 2510. The molecule has 1 saturated carbocycles. The average Bonchev–Trinajstić information content (AvgIpc) is 4.02. The number of nitrogens with zero attached hydrogens (tertiary/aromatic N) is 9. The van der Waals surface area contributed by atoms with Crippen molar-refractivity contribution in [1.29, 1.82) is 0 Å². The third kappa shape index (κ3) is 8.49. The standard InChI is InChI=1S/C42H45ClN12O6/c43-30-21-27(47-42(60)48-31-23-44-33-14-15-46-55(33)38(31)25-6-2-1-3-7-25)22-45-37(30)39-50-35(61-51-39)8-4-5-9-36(57)53-18-16-52(17-19-53)28-10-11-29-26(20-28)24-54(41(29)59)32-12-13-34(56)49-40(32)58/h10-11,14-15,20-23,25,32H,1-9,12-13,16-19,24H2,(H2,47,48,60)(H,49,56,58). The zero-order chi connectivity index (χ0) is 42.0. The minimum absolute atomic E-state index is 0.0870. The van der Waals surface area contributed by atoms with Crippen molar-refractivity contribution in [2.45, 2.75) is 89.1 Å². The van der Waals surface area contributed by atoms with Crippen molar-refractivity contribution >= 4 is 64.0 Å². The normalized spacial score (nSPS) is 18.4. The Morgan fingerprint density at radius 1 is 0.934 bits per heavy atom. The number of amides is 6. The molecule has 1 atom stereocenters. The lowest BCUT2D eigenvalue weighted by atomic mass is 9.86. The van der Waals surface area contributed by atoms with Crippen LogP contribution in [-0.4, -0.2) is 101 Å². The molecule has 9 rings (SSSR count). The van der Waals surface area contributed by atoms with Gasteiger partial charge >= 0.3 is 6.03 Å². The molecule has 7 heterocycles. The van der Waals surface area contributed by atoms with Gasteiger partial charge in [0, 0.05) is 75.2 Å². The van der Waals surface area contributed by atoms with E-state index < -0.39 is 18.0 Å². The minimum atomic E-state index is -0.652. The molecule has 316 valence electrons. The van der Waals surface area contributed by atoms with Gasteiger partial charge in [-0.15, -0.1) is 0 Å². The number of fused-ring (bicyclic) bond motifs is 2. The Labute approximate surface area is 355 Å². The monoisotopic (exact) mass is 848 g/mol. The van der Waals surface area contributed by atoms with E-state index in [2.05, 4.69) is 46.1 Å². The van der Waals surface area contributed by atoms with Gasteiger partial charge in [-0.2, -0.15) is 10.1 Å². The summed E-state index contributed by atoms with van der Waals surface area (Å²) in [5, 5.41) is 16.9. The number of nitrogens with one attached hydrogen (secondary N) is 3. The van der Waals surface area contributed by atoms with E-state index in [-0.39, 0.29) is 40.9 Å². The number of benzene rings is 1. The summed E-state index contributed by atoms with van der Waals surface area (Å²) in [6.07, 6.45) is 13.1. The van der Waals surface area contributed by atoms with Gasteiger partial charge in [0.25, 0.3) is 5.91 Å². The molecule has 18 nitrogen and oxygen atoms in total. The maximum Gasteiger partial charge on any atom is 0.323 e. The van der Waals surface area contributed by atoms with E-state index >= 15 is 0 Å². The molecule has 1 aromatic carbocycles. The van der Waals surface area contributed by atoms with E-state index in [1.54, 1.807) is 29.4 Å². The first-order valence-corrected chi connectivity index (χ1v) is 21.3. The quantitative estimate of drug-likeness (QED) is 0.114. The lowest BCUT2D eigenvalue weighted by Crippen LogP contribution is -2.52. The summed E-state index contributed by atoms with van der Waals surface area (Å²) in [4.78, 5) is 82.3. The van der Waals surface area contributed by atoms with Crippen LogP contribution in [0.2, 0.25) is 5.02 Å². The number of piperazine rings is 1. The SMILES string of the molecule is O=C1CCC(N2Cc3cc(N4CCN(C(=O)CCCCc5nc(-c6ncc(NC(=O)Nc7cnc8ccnn8c7C7CCCCC7)cc6Cl)no5)CC4)ccc3C2=O)C(=O)N1. The molecule has 4 aromatic heterocycles. The zero-order valence-electron chi connectivity index (χ0n) is 33.4. The van der Waals surface area contributed by atoms with Crippen LogP contribution in [0.1, 0.15) is 97.6 Å². The number of urea groups is 1. The fourth-order valence-corrected chi connectivity index (χ4v) is 9.10. The summed E-state index contributed by atoms with van der Waals surface area (Å²) in [5.41, 5.74) is 5.38. The zero-order valence-corrected chi connectivity index (χ0v) is 34.2. The van der Waals surface area contributed by atoms with Crippen molar-refractivity contribution < 1.29 is 28.5 Å². The summed E-state index contributed by atoms with van der Waals surface area (Å²) in [6, 6.07) is 8.03. The first-order chi connectivity index (χ1) is 29.7. The Morgan fingerprint density at radius 2 is 1.77 bits per heavy atom. The van der Waals surface area contributed by atoms with E-state index in [0.29, 0.717) is 93.4 Å². The van der Waals surface area contributed by atoms with Crippen LogP contribution >= 0.6 is 11.6 Å². The number of carbonyl (C=O) groups is 5. The van der Waals surface area contributed by atoms with E-state index in [0.717, 1.165) is 48.3 Å². The van der Waals surface area contributed by atoms with E-state index in [9.17, 15) is 24.0 Å². The van der Waals surface area contributed by atoms with Crippen molar-refractivity contribution in [3.63, 3.8) is 0 Å². The largest absolute Gasteiger partial charge is 0.368 e. The average molecular weight is 849 g/mol. The second kappa shape index (κ2) is 17.3. The van der Waals surface area contributed by atoms with E-state index in [1.165, 1.54) is 12.6 Å². The molecule has 19 heteroatoms. The van der Waals surface area contributed by atoms with Crippen molar-refractivity contribution in [2.75, 3.05) is 41.7 Å². The van der Waals surface area contributed by atoms with Gasteiger partial charge in [-0.3, -0.25) is 24.5 Å². The lowest BCUT2D eigenvalue weighted by molar-refractivity contribution is -0.137. The van der Waals surface area contributed by atoms with Gasteiger partial charge in [0.15, 0.2) is 5.65 Å². The first kappa shape index (κ1) is 40.0. The maximum absolute atomic E-state index is 13.1. The number of hydrogen-bond donors (Lipinski definition) is 3. The Balaban J connectivity index is 0.721. The molecule has 3 fully saturated rings. The van der Waals surface area contributed by atoms with Gasteiger partial charge in [0.1, 0.15) is 11.7 Å². The van der Waals surface area contributed by atoms with Crippen LogP contribution in [0.5, 0.6) is 0 Å². The highest BCUT2D eigenvalue weighted by Gasteiger charge is 2.39. The van der Waals surface area contributed by atoms with Gasteiger partial charge in [0.05, 0.1) is 40.7 Å². The van der Waals surface area contributed by atoms with Crippen molar-refractivity contribution in [2.24, 2.45) is 0 Å². The number of anilines is 3. The molecular weight excluding hydrogens is 804 g/mol. The molecule has 0 spiro atoms. The minimum Gasteiger partial charge on any atom is -0.368 e. The van der Waals surface area contributed by atoms with Crippen LogP contribution in [-0.2, 0) is 27.3 Å². The smallest absolute Gasteiger partial charge is 0.323 e. The van der Waals surface area contributed by atoms with Crippen LogP contribution in [0.25, 0.3) is 17.2 Å². The highest BCUT2D eigenvalue weighted by molar-refractivity contribution is 6.33. The van der Waals surface area contributed by atoms with Crippen LogP contribution in [0.3, 0.4) is 0 Å². The van der Waals surface area contributed by atoms with E-state index in [1.807, 2.05) is 27.6 Å². The summed E-state index contributed by atoms with van der Waals surface area (Å²) >= 11 is 6.59. The molecule has 0 bridgehead atoms. The number of hydrogen-bond acceptors (Lipinski definition) is 12. The highest BCUT2D eigenvalue weighted by Crippen LogP contribution is 2.37. The molecule has 4 aliphatic rings. The van der Waals surface area contributed by atoms with Crippen LogP contribution in [0.15, 0.2) is 53.4 Å². The summed E-state index contributed by atoms with van der Waals surface area (Å²) in [5.74, 6) is 0.0499. The van der Waals surface area contributed by atoms with Gasteiger partial charge in [-0.1, -0.05) is 36.0 Å². The van der Waals surface area contributed by atoms with Crippen molar-refractivity contribution in [3.8, 4) is 11.5 Å². The highest BCUT2D eigenvalue weighted by atomic mass is 35.5. The third-order valence-corrected chi connectivity index (χ3v) is 12.3. The van der Waals surface area contributed by atoms with Gasteiger partial charge in [-0.25, -0.2) is 19.3 Å². The van der Waals surface area contributed by atoms with Crippen molar-refractivity contribution in [3.05, 3.63) is 76.7 Å². The number of unbranched alkanes of at least 4 members (excludes halogenated alkanes) is 1. The first-order valence-electron chi connectivity index (χ1n) is 20.9. The number of piperidine rings is 1. The summed E-state index contributed by atoms with van der Waals surface area (Å²) in [6.45, 7) is 2.79. The molecule has 2 saturated heterocycles. The molecular formula is C42H45ClN12O6. The predicted molar refractivity (Wildman–Crippen MR) is 223 cm³/mol. The number of pyridine rings is 1. The number of imide groups is 1. The molecule has 5 aromatic rings. The molecule has 3 aliphatic heterocycles.